The number of carbonyl (C=O) groups excluding carboxylic acids is 1. The highest BCUT2D eigenvalue weighted by Gasteiger charge is 2.51. The Morgan fingerprint density at radius 2 is 0.899 bits per heavy atom. The van der Waals surface area contributed by atoms with E-state index in [0.717, 1.165) is 38.5 Å². The van der Waals surface area contributed by atoms with E-state index in [-0.39, 0.29) is 18.9 Å². The Morgan fingerprint density at radius 3 is 1.33 bits per heavy atom. The molecule has 12 unspecified atom stereocenters. The number of carbonyl (C=O) groups is 1. The molecular weight excluding hydrogens is 883 g/mol. The molecule has 0 aliphatic carbocycles. The quantitative estimate of drug-likeness (QED) is 0.0206. The fourth-order valence-electron chi connectivity index (χ4n) is 9.59. The molecule has 2 rings (SSSR count). The van der Waals surface area contributed by atoms with Crippen LogP contribution in [0.5, 0.6) is 0 Å². The molecule has 0 spiro atoms. The van der Waals surface area contributed by atoms with Crippen LogP contribution in [0.25, 0.3) is 0 Å². The maximum Gasteiger partial charge on any atom is 0.220 e. The number of hydrogen-bond acceptors (Lipinski definition) is 13. The lowest BCUT2D eigenvalue weighted by Gasteiger charge is -2.46. The minimum Gasteiger partial charge on any atom is -0.394 e. The van der Waals surface area contributed by atoms with Crippen LogP contribution in [0.2, 0.25) is 0 Å². The standard InChI is InChI=1S/C55H105NO13/c1-3-5-7-9-11-13-15-16-17-18-19-20-21-22-23-24-25-26-27-28-29-31-33-35-37-39-47(60)56-43(44(59)38-36-34-32-30-14-12-10-8-6-4-2)42-66-54-52(65)50(63)53(46(41-58)68-54)69-55-51(64)49(62)48(61)45(40-57)67-55/h36,38,43-46,48-55,57-59,61-65H,3-35,37,39-42H2,1-2H3,(H,56,60)/b38-36+. The molecule has 0 aromatic heterocycles. The van der Waals surface area contributed by atoms with Crippen LogP contribution < -0.4 is 5.32 Å². The van der Waals surface area contributed by atoms with Crippen molar-refractivity contribution in [2.24, 2.45) is 0 Å². The van der Waals surface area contributed by atoms with Crippen LogP contribution in [0.4, 0.5) is 0 Å². The van der Waals surface area contributed by atoms with Crippen LogP contribution in [0.3, 0.4) is 0 Å². The monoisotopic (exact) mass is 988 g/mol. The summed E-state index contributed by atoms with van der Waals surface area (Å²) in [5.41, 5.74) is 0. The molecule has 69 heavy (non-hydrogen) atoms. The van der Waals surface area contributed by atoms with E-state index in [0.29, 0.717) is 6.42 Å². The van der Waals surface area contributed by atoms with Gasteiger partial charge in [0.2, 0.25) is 5.91 Å². The van der Waals surface area contributed by atoms with Crippen LogP contribution in [-0.2, 0) is 23.7 Å². The van der Waals surface area contributed by atoms with Gasteiger partial charge in [0.05, 0.1) is 32.0 Å². The van der Waals surface area contributed by atoms with Crippen molar-refractivity contribution in [1.82, 2.24) is 5.32 Å². The van der Waals surface area contributed by atoms with E-state index in [4.69, 9.17) is 18.9 Å². The molecule has 12 atom stereocenters. The van der Waals surface area contributed by atoms with Gasteiger partial charge < -0.3 is 65.1 Å². The lowest BCUT2D eigenvalue weighted by atomic mass is 9.97. The summed E-state index contributed by atoms with van der Waals surface area (Å²) in [6, 6.07) is -0.907. The van der Waals surface area contributed by atoms with Gasteiger partial charge in [-0.3, -0.25) is 4.79 Å². The Hall–Kier alpha value is -1.27. The first-order valence-electron chi connectivity index (χ1n) is 28.4. The number of amides is 1. The molecular formula is C55H105NO13. The van der Waals surface area contributed by atoms with Gasteiger partial charge in [-0.05, 0) is 19.3 Å². The van der Waals surface area contributed by atoms with E-state index in [2.05, 4.69) is 19.2 Å². The molecule has 1 amide bonds. The van der Waals surface area contributed by atoms with E-state index in [1.54, 1.807) is 6.08 Å². The molecule has 2 fully saturated rings. The van der Waals surface area contributed by atoms with Gasteiger partial charge in [-0.1, -0.05) is 225 Å². The summed E-state index contributed by atoms with van der Waals surface area (Å²) >= 11 is 0. The third-order valence-electron chi connectivity index (χ3n) is 14.2. The number of allylic oxidation sites excluding steroid dienone is 1. The number of aliphatic hydroxyl groups excluding tert-OH is 8. The van der Waals surface area contributed by atoms with Crippen molar-refractivity contribution in [1.29, 1.82) is 0 Å². The third kappa shape index (κ3) is 28.7. The van der Waals surface area contributed by atoms with E-state index in [9.17, 15) is 45.6 Å². The zero-order valence-electron chi connectivity index (χ0n) is 43.6. The minimum absolute atomic E-state index is 0.236. The van der Waals surface area contributed by atoms with Gasteiger partial charge in [0.1, 0.15) is 48.8 Å². The molecule has 2 aliphatic rings. The van der Waals surface area contributed by atoms with Crippen molar-refractivity contribution in [3.63, 3.8) is 0 Å². The van der Waals surface area contributed by atoms with Crippen LogP contribution >= 0.6 is 0 Å². The van der Waals surface area contributed by atoms with E-state index in [1.165, 1.54) is 173 Å². The molecule has 0 bridgehead atoms. The number of hydrogen-bond donors (Lipinski definition) is 9. The topological polar surface area (TPSA) is 228 Å². The Labute approximate surface area is 418 Å². The summed E-state index contributed by atoms with van der Waals surface area (Å²) in [5.74, 6) is -0.236. The van der Waals surface area contributed by atoms with Gasteiger partial charge in [-0.15, -0.1) is 0 Å². The number of rotatable bonds is 45. The fourth-order valence-corrected chi connectivity index (χ4v) is 9.59. The van der Waals surface area contributed by atoms with E-state index < -0.39 is 86.8 Å². The van der Waals surface area contributed by atoms with E-state index in [1.807, 2.05) is 6.08 Å². The maximum absolute atomic E-state index is 13.2. The summed E-state index contributed by atoms with van der Waals surface area (Å²) in [5, 5.41) is 86.7. The van der Waals surface area contributed by atoms with E-state index >= 15 is 0 Å². The van der Waals surface area contributed by atoms with Crippen molar-refractivity contribution in [2.75, 3.05) is 19.8 Å². The molecule has 0 saturated carbocycles. The van der Waals surface area contributed by atoms with Gasteiger partial charge in [-0.25, -0.2) is 0 Å². The van der Waals surface area contributed by atoms with Crippen molar-refractivity contribution in [3.8, 4) is 0 Å². The first-order valence-corrected chi connectivity index (χ1v) is 28.4. The number of aliphatic hydroxyl groups is 8. The molecule has 408 valence electrons. The number of nitrogens with one attached hydrogen (secondary N) is 1. The SMILES string of the molecule is CCCCCCCCCC/C=C/C(O)C(COC1OC(CO)C(OC2OC(CO)C(O)C(O)C2O)C(O)C1O)NC(=O)CCCCCCCCCCCCCCCCCCCCCCCCCCC. The second-order valence-corrected chi connectivity index (χ2v) is 20.4. The Morgan fingerprint density at radius 1 is 0.507 bits per heavy atom. The lowest BCUT2D eigenvalue weighted by Crippen LogP contribution is -2.65. The largest absolute Gasteiger partial charge is 0.394 e. The average Bonchev–Trinajstić information content (AvgIpc) is 3.35. The summed E-state index contributed by atoms with van der Waals surface area (Å²) in [6.07, 6.45) is 29.9. The Balaban J connectivity index is 1.69. The number of unbranched alkanes of at least 4 members (excludes halogenated alkanes) is 32. The highest BCUT2D eigenvalue weighted by Crippen LogP contribution is 2.30. The molecule has 0 aromatic carbocycles. The van der Waals surface area contributed by atoms with Crippen LogP contribution in [0.15, 0.2) is 12.2 Å². The van der Waals surface area contributed by atoms with Crippen LogP contribution in [0, 0.1) is 0 Å². The average molecular weight is 988 g/mol. The zero-order valence-corrected chi connectivity index (χ0v) is 43.6. The zero-order chi connectivity index (χ0) is 50.3. The van der Waals surface area contributed by atoms with Gasteiger partial charge in [0.25, 0.3) is 0 Å². The fraction of sp³-hybridized carbons (Fsp3) is 0.945. The number of ether oxygens (including phenoxy) is 4. The van der Waals surface area contributed by atoms with Crippen molar-refractivity contribution in [2.45, 2.75) is 312 Å². The predicted octanol–water partition coefficient (Wildman–Crippen LogP) is 8.72. The second kappa shape index (κ2) is 42.1. The van der Waals surface area contributed by atoms with Crippen molar-refractivity contribution in [3.05, 3.63) is 12.2 Å². The van der Waals surface area contributed by atoms with Gasteiger partial charge >= 0.3 is 0 Å². The highest BCUT2D eigenvalue weighted by atomic mass is 16.7. The molecule has 0 radical (unpaired) electrons. The summed E-state index contributed by atoms with van der Waals surface area (Å²) in [4.78, 5) is 13.2. The molecule has 14 heteroatoms. The van der Waals surface area contributed by atoms with Gasteiger partial charge in [-0.2, -0.15) is 0 Å². The van der Waals surface area contributed by atoms with Crippen molar-refractivity contribution >= 4 is 5.91 Å². The smallest absolute Gasteiger partial charge is 0.220 e. The van der Waals surface area contributed by atoms with Gasteiger partial charge in [0, 0.05) is 6.42 Å². The highest BCUT2D eigenvalue weighted by molar-refractivity contribution is 5.76. The molecule has 0 aromatic rings. The van der Waals surface area contributed by atoms with Crippen LogP contribution in [0.1, 0.15) is 239 Å². The molecule has 2 heterocycles. The lowest BCUT2D eigenvalue weighted by molar-refractivity contribution is -0.359. The predicted molar refractivity (Wildman–Crippen MR) is 272 cm³/mol. The third-order valence-corrected chi connectivity index (χ3v) is 14.2. The summed E-state index contributed by atoms with van der Waals surface area (Å²) in [7, 11) is 0. The summed E-state index contributed by atoms with van der Waals surface area (Å²) in [6.45, 7) is 2.79. The molecule has 2 aliphatic heterocycles. The van der Waals surface area contributed by atoms with Crippen molar-refractivity contribution < 1.29 is 64.6 Å². The normalized spacial score (nSPS) is 26.2. The van der Waals surface area contributed by atoms with Crippen LogP contribution in [-0.4, -0.2) is 140 Å². The molecule has 9 N–H and O–H groups in total. The maximum atomic E-state index is 13.2. The first kappa shape index (κ1) is 63.8. The summed E-state index contributed by atoms with van der Waals surface area (Å²) < 4.78 is 22.7. The molecule has 14 nitrogen and oxygen atoms in total. The molecule has 2 saturated heterocycles. The van der Waals surface area contributed by atoms with Gasteiger partial charge in [0.15, 0.2) is 12.6 Å². The first-order chi connectivity index (χ1) is 33.6. The second-order valence-electron chi connectivity index (χ2n) is 20.4. The Bertz CT molecular complexity index is 1210. The minimum atomic E-state index is -1.78. The Kier molecular flexibility index (Phi) is 39.0.